The van der Waals surface area contributed by atoms with Crippen molar-refractivity contribution >= 4 is 5.69 Å². The molecule has 0 aromatic heterocycles. The van der Waals surface area contributed by atoms with Crippen LogP contribution in [0.3, 0.4) is 0 Å². The molecule has 1 aromatic rings. The normalized spacial score (nSPS) is 24.8. The van der Waals surface area contributed by atoms with Gasteiger partial charge in [-0.25, -0.2) is 0 Å². The summed E-state index contributed by atoms with van der Waals surface area (Å²) in [5.74, 6) is 0.975. The van der Waals surface area contributed by atoms with Crippen molar-refractivity contribution in [2.24, 2.45) is 5.41 Å². The van der Waals surface area contributed by atoms with Gasteiger partial charge in [-0.15, -0.1) is 0 Å². The summed E-state index contributed by atoms with van der Waals surface area (Å²) in [6.07, 6.45) is 9.84. The molecule has 2 saturated carbocycles. The second-order valence-corrected chi connectivity index (χ2v) is 6.36. The Bertz CT molecular complexity index is 449. The SMILES string of the molecule is COc1ccc(C)cc1NC1CCC12CCCCC2. The molecule has 2 fully saturated rings. The number of methoxy groups -OCH3 is 1. The summed E-state index contributed by atoms with van der Waals surface area (Å²) in [5.41, 5.74) is 3.06. The van der Waals surface area contributed by atoms with Crippen LogP contribution in [-0.4, -0.2) is 13.2 Å². The summed E-state index contributed by atoms with van der Waals surface area (Å²) in [4.78, 5) is 0. The lowest BCUT2D eigenvalue weighted by Gasteiger charge is -2.52. The molecule has 2 heteroatoms. The summed E-state index contributed by atoms with van der Waals surface area (Å²) in [6, 6.07) is 7.06. The summed E-state index contributed by atoms with van der Waals surface area (Å²) in [6.45, 7) is 2.14. The maximum atomic E-state index is 5.48. The molecule has 2 aliphatic rings. The van der Waals surface area contributed by atoms with Gasteiger partial charge < -0.3 is 10.1 Å². The van der Waals surface area contributed by atoms with Gasteiger partial charge in [0.2, 0.25) is 0 Å². The first-order chi connectivity index (χ1) is 9.23. The monoisotopic (exact) mass is 259 g/mol. The molecule has 2 nitrogen and oxygen atoms in total. The molecule has 1 unspecified atom stereocenters. The number of rotatable bonds is 3. The van der Waals surface area contributed by atoms with E-state index < -0.39 is 0 Å². The van der Waals surface area contributed by atoms with Gasteiger partial charge in [0.15, 0.2) is 0 Å². The van der Waals surface area contributed by atoms with Gasteiger partial charge in [-0.2, -0.15) is 0 Å². The first-order valence-electron chi connectivity index (χ1n) is 7.65. The van der Waals surface area contributed by atoms with Gasteiger partial charge >= 0.3 is 0 Å². The molecule has 2 aliphatic carbocycles. The fourth-order valence-electron chi connectivity index (χ4n) is 3.90. The second kappa shape index (κ2) is 5.07. The predicted octanol–water partition coefficient (Wildman–Crippen LogP) is 4.53. The number of anilines is 1. The summed E-state index contributed by atoms with van der Waals surface area (Å²) in [7, 11) is 1.76. The van der Waals surface area contributed by atoms with Gasteiger partial charge in [-0.3, -0.25) is 0 Å². The molecule has 19 heavy (non-hydrogen) atoms. The van der Waals surface area contributed by atoms with E-state index in [4.69, 9.17) is 4.74 Å². The molecular weight excluding hydrogens is 234 g/mol. The van der Waals surface area contributed by atoms with E-state index in [1.165, 1.54) is 56.2 Å². The minimum Gasteiger partial charge on any atom is -0.495 e. The second-order valence-electron chi connectivity index (χ2n) is 6.36. The Balaban J connectivity index is 1.76. The largest absolute Gasteiger partial charge is 0.495 e. The Kier molecular flexibility index (Phi) is 3.42. The van der Waals surface area contributed by atoms with Crippen molar-refractivity contribution in [2.45, 2.75) is 57.9 Å². The number of hydrogen-bond donors (Lipinski definition) is 1. The summed E-state index contributed by atoms with van der Waals surface area (Å²) in [5, 5.41) is 3.77. The standard InChI is InChI=1S/C17H25NO/c1-13-6-7-15(19-2)14(12-13)18-16-8-11-17(16)9-4-3-5-10-17/h6-7,12,16,18H,3-5,8-11H2,1-2H3. The van der Waals surface area contributed by atoms with Crippen LogP contribution in [0.15, 0.2) is 18.2 Å². The lowest BCUT2D eigenvalue weighted by Crippen LogP contribution is -2.50. The first kappa shape index (κ1) is 12.8. The molecule has 0 radical (unpaired) electrons. The van der Waals surface area contributed by atoms with Gasteiger partial charge in [0.05, 0.1) is 12.8 Å². The third kappa shape index (κ3) is 2.33. The smallest absolute Gasteiger partial charge is 0.141 e. The molecule has 1 N–H and O–H groups in total. The highest BCUT2D eigenvalue weighted by Crippen LogP contribution is 2.53. The Morgan fingerprint density at radius 2 is 1.95 bits per heavy atom. The van der Waals surface area contributed by atoms with Crippen LogP contribution in [0, 0.1) is 12.3 Å². The van der Waals surface area contributed by atoms with Crippen LogP contribution in [0.5, 0.6) is 5.75 Å². The number of aryl methyl sites for hydroxylation is 1. The zero-order valence-corrected chi connectivity index (χ0v) is 12.2. The summed E-state index contributed by atoms with van der Waals surface area (Å²) < 4.78 is 5.48. The molecule has 0 aliphatic heterocycles. The number of benzene rings is 1. The third-order valence-corrected chi connectivity index (χ3v) is 5.20. The van der Waals surface area contributed by atoms with E-state index in [0.717, 1.165) is 5.75 Å². The third-order valence-electron chi connectivity index (χ3n) is 5.20. The fraction of sp³-hybridized carbons (Fsp3) is 0.647. The Morgan fingerprint density at radius 1 is 1.16 bits per heavy atom. The van der Waals surface area contributed by atoms with Gasteiger partial charge in [-0.05, 0) is 55.7 Å². The van der Waals surface area contributed by atoms with E-state index in [9.17, 15) is 0 Å². The molecular formula is C17H25NO. The zero-order chi connectivity index (χ0) is 13.3. The van der Waals surface area contributed by atoms with Gasteiger partial charge in [0, 0.05) is 6.04 Å². The molecule has 0 saturated heterocycles. The minimum absolute atomic E-state index is 0.590. The van der Waals surface area contributed by atoms with E-state index in [-0.39, 0.29) is 0 Å². The van der Waals surface area contributed by atoms with Crippen LogP contribution in [0.25, 0.3) is 0 Å². The number of ether oxygens (including phenoxy) is 1. The van der Waals surface area contributed by atoms with E-state index in [2.05, 4.69) is 30.4 Å². The van der Waals surface area contributed by atoms with Crippen LogP contribution in [-0.2, 0) is 0 Å². The Morgan fingerprint density at radius 3 is 2.58 bits per heavy atom. The quantitative estimate of drug-likeness (QED) is 0.861. The van der Waals surface area contributed by atoms with Gasteiger partial charge in [-0.1, -0.05) is 25.3 Å². The maximum Gasteiger partial charge on any atom is 0.141 e. The van der Waals surface area contributed by atoms with Gasteiger partial charge in [0.1, 0.15) is 5.75 Å². The minimum atomic E-state index is 0.590. The first-order valence-corrected chi connectivity index (χ1v) is 7.65. The van der Waals surface area contributed by atoms with Gasteiger partial charge in [0.25, 0.3) is 0 Å². The zero-order valence-electron chi connectivity index (χ0n) is 12.2. The van der Waals surface area contributed by atoms with E-state index in [1.807, 2.05) is 0 Å². The molecule has 0 heterocycles. The van der Waals surface area contributed by atoms with Crippen LogP contribution < -0.4 is 10.1 Å². The molecule has 1 spiro atoms. The average molecular weight is 259 g/mol. The highest BCUT2D eigenvalue weighted by molar-refractivity contribution is 5.59. The molecule has 3 rings (SSSR count). The fourth-order valence-corrected chi connectivity index (χ4v) is 3.90. The van der Waals surface area contributed by atoms with Crippen molar-refractivity contribution in [3.05, 3.63) is 23.8 Å². The molecule has 1 aromatic carbocycles. The van der Waals surface area contributed by atoms with Crippen molar-refractivity contribution in [1.29, 1.82) is 0 Å². The molecule has 0 amide bonds. The van der Waals surface area contributed by atoms with Crippen LogP contribution in [0.1, 0.15) is 50.5 Å². The molecule has 104 valence electrons. The Labute approximate surface area is 116 Å². The average Bonchev–Trinajstić information content (AvgIpc) is 2.45. The summed E-state index contributed by atoms with van der Waals surface area (Å²) >= 11 is 0. The Hall–Kier alpha value is -1.18. The van der Waals surface area contributed by atoms with Crippen molar-refractivity contribution < 1.29 is 4.74 Å². The lowest BCUT2D eigenvalue weighted by atomic mass is 9.57. The van der Waals surface area contributed by atoms with Crippen LogP contribution >= 0.6 is 0 Å². The number of nitrogens with one attached hydrogen (secondary N) is 1. The van der Waals surface area contributed by atoms with Crippen molar-refractivity contribution in [3.8, 4) is 5.75 Å². The lowest BCUT2D eigenvalue weighted by molar-refractivity contribution is 0.0570. The number of hydrogen-bond acceptors (Lipinski definition) is 2. The highest BCUT2D eigenvalue weighted by Gasteiger charge is 2.46. The highest BCUT2D eigenvalue weighted by atomic mass is 16.5. The maximum absolute atomic E-state index is 5.48. The molecule has 0 bridgehead atoms. The van der Waals surface area contributed by atoms with Crippen LogP contribution in [0.2, 0.25) is 0 Å². The predicted molar refractivity (Wildman–Crippen MR) is 79.9 cm³/mol. The van der Waals surface area contributed by atoms with E-state index in [1.54, 1.807) is 7.11 Å². The van der Waals surface area contributed by atoms with Crippen molar-refractivity contribution in [1.82, 2.24) is 0 Å². The topological polar surface area (TPSA) is 21.3 Å². The molecule has 1 atom stereocenters. The van der Waals surface area contributed by atoms with Crippen molar-refractivity contribution in [2.75, 3.05) is 12.4 Å². The van der Waals surface area contributed by atoms with Crippen LogP contribution in [0.4, 0.5) is 5.69 Å². The van der Waals surface area contributed by atoms with E-state index >= 15 is 0 Å². The van der Waals surface area contributed by atoms with E-state index in [0.29, 0.717) is 11.5 Å². The van der Waals surface area contributed by atoms with Crippen molar-refractivity contribution in [3.63, 3.8) is 0 Å².